The van der Waals surface area contributed by atoms with Crippen molar-refractivity contribution < 1.29 is 14.7 Å². The third-order valence-corrected chi connectivity index (χ3v) is 3.38. The van der Waals surface area contributed by atoms with Crippen LogP contribution in [0, 0.1) is 0 Å². The summed E-state index contributed by atoms with van der Waals surface area (Å²) >= 11 is 1.11. The monoisotopic (exact) mass is 247 g/mol. The maximum Gasteiger partial charge on any atom is 0.356 e. The average molecular weight is 247 g/mol. The van der Waals surface area contributed by atoms with E-state index in [-0.39, 0.29) is 16.4 Å². The van der Waals surface area contributed by atoms with Gasteiger partial charge >= 0.3 is 5.97 Å². The van der Waals surface area contributed by atoms with Crippen molar-refractivity contribution in [3.8, 4) is 10.6 Å². The molecule has 0 fully saturated rings. The summed E-state index contributed by atoms with van der Waals surface area (Å²) in [6.07, 6.45) is 0. The number of nitrogens with zero attached hydrogens (tertiary/aromatic N) is 1. The van der Waals surface area contributed by atoms with Gasteiger partial charge in [0.05, 0.1) is 0 Å². The topological polar surface area (TPSA) is 67.3 Å². The molecule has 1 aromatic heterocycles. The van der Waals surface area contributed by atoms with E-state index in [1.807, 2.05) is 30.3 Å². The van der Waals surface area contributed by atoms with Gasteiger partial charge in [-0.3, -0.25) is 4.79 Å². The molecule has 0 aliphatic rings. The summed E-state index contributed by atoms with van der Waals surface area (Å²) in [6, 6.07) is 9.19. The minimum Gasteiger partial charge on any atom is -0.476 e. The van der Waals surface area contributed by atoms with Crippen molar-refractivity contribution in [2.75, 3.05) is 0 Å². The minimum absolute atomic E-state index is 0.165. The van der Waals surface area contributed by atoms with E-state index in [2.05, 4.69) is 4.98 Å². The summed E-state index contributed by atoms with van der Waals surface area (Å²) < 4.78 is 0. The molecule has 17 heavy (non-hydrogen) atoms. The zero-order valence-electron chi connectivity index (χ0n) is 9.01. The van der Waals surface area contributed by atoms with E-state index in [1.165, 1.54) is 6.92 Å². The second-order valence-electron chi connectivity index (χ2n) is 3.42. The smallest absolute Gasteiger partial charge is 0.356 e. The second kappa shape index (κ2) is 4.47. The van der Waals surface area contributed by atoms with Gasteiger partial charge in [-0.2, -0.15) is 0 Å². The molecule has 86 valence electrons. The number of benzene rings is 1. The first-order valence-corrected chi connectivity index (χ1v) is 5.71. The minimum atomic E-state index is -1.17. The molecule has 1 heterocycles. The van der Waals surface area contributed by atoms with E-state index in [4.69, 9.17) is 5.11 Å². The van der Waals surface area contributed by atoms with E-state index in [0.717, 1.165) is 16.9 Å². The maximum absolute atomic E-state index is 11.3. The number of ketones is 1. The van der Waals surface area contributed by atoms with E-state index in [9.17, 15) is 9.59 Å². The standard InChI is InChI=1S/C12H9NO3S/c1-7(14)10-9(12(15)16)13-11(17-10)8-5-3-2-4-6-8/h2-6H,1H3,(H,15,16). The van der Waals surface area contributed by atoms with Gasteiger partial charge in [0.25, 0.3) is 0 Å². The highest BCUT2D eigenvalue weighted by atomic mass is 32.1. The Labute approximate surface area is 102 Å². The van der Waals surface area contributed by atoms with Crippen LogP contribution in [-0.2, 0) is 0 Å². The third-order valence-electron chi connectivity index (χ3n) is 2.17. The molecule has 0 saturated heterocycles. The van der Waals surface area contributed by atoms with Gasteiger partial charge in [0, 0.05) is 12.5 Å². The normalized spacial score (nSPS) is 10.2. The SMILES string of the molecule is CC(=O)c1sc(-c2ccccc2)nc1C(=O)O. The summed E-state index contributed by atoms with van der Waals surface area (Å²) in [6.45, 7) is 1.34. The van der Waals surface area contributed by atoms with Crippen LogP contribution in [0.5, 0.6) is 0 Å². The number of carbonyl (C=O) groups is 2. The quantitative estimate of drug-likeness (QED) is 0.847. The van der Waals surface area contributed by atoms with E-state index < -0.39 is 5.97 Å². The van der Waals surface area contributed by atoms with Crippen molar-refractivity contribution in [1.29, 1.82) is 0 Å². The number of thiazole rings is 1. The molecule has 0 amide bonds. The fraction of sp³-hybridized carbons (Fsp3) is 0.0833. The lowest BCUT2D eigenvalue weighted by Gasteiger charge is -1.92. The number of carboxylic acid groups (broad SMARTS) is 1. The van der Waals surface area contributed by atoms with Crippen molar-refractivity contribution in [2.45, 2.75) is 6.92 Å². The van der Waals surface area contributed by atoms with Crippen molar-refractivity contribution in [1.82, 2.24) is 4.98 Å². The van der Waals surface area contributed by atoms with E-state index in [0.29, 0.717) is 5.01 Å². The van der Waals surface area contributed by atoms with Gasteiger partial charge in [0.2, 0.25) is 0 Å². The molecular weight excluding hydrogens is 238 g/mol. The molecule has 0 aliphatic carbocycles. The van der Waals surface area contributed by atoms with E-state index in [1.54, 1.807) is 0 Å². The number of carboxylic acids is 1. The summed E-state index contributed by atoms with van der Waals surface area (Å²) in [5, 5.41) is 9.52. The fourth-order valence-electron chi connectivity index (χ4n) is 1.41. The van der Waals surface area contributed by atoms with Crippen molar-refractivity contribution in [2.24, 2.45) is 0 Å². The van der Waals surface area contributed by atoms with Crippen molar-refractivity contribution in [3.63, 3.8) is 0 Å². The third kappa shape index (κ3) is 2.24. The highest BCUT2D eigenvalue weighted by Crippen LogP contribution is 2.28. The zero-order chi connectivity index (χ0) is 12.4. The number of Topliss-reactive ketones (excluding diaryl/α,β-unsaturated/α-hetero) is 1. The molecule has 0 aliphatic heterocycles. The second-order valence-corrected chi connectivity index (χ2v) is 4.42. The average Bonchev–Trinajstić information content (AvgIpc) is 2.75. The Morgan fingerprint density at radius 3 is 2.35 bits per heavy atom. The highest BCUT2D eigenvalue weighted by Gasteiger charge is 2.20. The Kier molecular flexibility index (Phi) is 3.01. The van der Waals surface area contributed by atoms with Gasteiger partial charge in [0.1, 0.15) is 9.88 Å². The Morgan fingerprint density at radius 2 is 1.88 bits per heavy atom. The first-order chi connectivity index (χ1) is 8.09. The fourth-order valence-corrected chi connectivity index (χ4v) is 2.37. The number of aromatic carboxylic acids is 1. The summed E-state index contributed by atoms with van der Waals surface area (Å²) in [4.78, 5) is 26.5. The van der Waals surface area contributed by atoms with Crippen LogP contribution in [0.3, 0.4) is 0 Å². The van der Waals surface area contributed by atoms with Gasteiger partial charge in [-0.05, 0) is 0 Å². The largest absolute Gasteiger partial charge is 0.476 e. The molecule has 0 atom stereocenters. The predicted molar refractivity (Wildman–Crippen MR) is 64.5 cm³/mol. The molecule has 1 aromatic carbocycles. The van der Waals surface area contributed by atoms with E-state index >= 15 is 0 Å². The molecule has 0 saturated carbocycles. The summed E-state index contributed by atoms with van der Waals surface area (Å²) in [5.74, 6) is -1.45. The number of aromatic nitrogens is 1. The van der Waals surface area contributed by atoms with Crippen molar-refractivity contribution in [3.05, 3.63) is 40.9 Å². The first kappa shape index (κ1) is 11.5. The molecule has 0 radical (unpaired) electrons. The molecule has 2 rings (SSSR count). The number of hydrogen-bond donors (Lipinski definition) is 1. The predicted octanol–water partition coefficient (Wildman–Crippen LogP) is 2.71. The van der Waals surface area contributed by atoms with Crippen LogP contribution in [0.15, 0.2) is 30.3 Å². The van der Waals surface area contributed by atoms with Crippen LogP contribution in [0.25, 0.3) is 10.6 Å². The summed E-state index contributed by atoms with van der Waals surface area (Å²) in [7, 11) is 0. The van der Waals surface area contributed by atoms with Crippen molar-refractivity contribution >= 4 is 23.1 Å². The van der Waals surface area contributed by atoms with Gasteiger partial charge in [-0.15, -0.1) is 11.3 Å². The molecule has 2 aromatic rings. The molecular formula is C12H9NO3S. The molecule has 0 spiro atoms. The Hall–Kier alpha value is -2.01. The maximum atomic E-state index is 11.3. The number of hydrogen-bond acceptors (Lipinski definition) is 4. The lowest BCUT2D eigenvalue weighted by atomic mass is 10.2. The van der Waals surface area contributed by atoms with Gasteiger partial charge < -0.3 is 5.11 Å². The Balaban J connectivity index is 2.55. The van der Waals surface area contributed by atoms with Crippen LogP contribution in [0.4, 0.5) is 0 Å². The van der Waals surface area contributed by atoms with Gasteiger partial charge in [-0.1, -0.05) is 30.3 Å². The van der Waals surface area contributed by atoms with Gasteiger partial charge in [-0.25, -0.2) is 9.78 Å². The molecule has 5 heteroatoms. The molecule has 0 unspecified atom stereocenters. The van der Waals surface area contributed by atoms with Crippen LogP contribution >= 0.6 is 11.3 Å². The molecule has 4 nitrogen and oxygen atoms in total. The number of rotatable bonds is 3. The highest BCUT2D eigenvalue weighted by molar-refractivity contribution is 7.17. The van der Waals surface area contributed by atoms with Crippen LogP contribution < -0.4 is 0 Å². The van der Waals surface area contributed by atoms with Crippen LogP contribution in [0.1, 0.15) is 27.1 Å². The molecule has 1 N–H and O–H groups in total. The number of carbonyl (C=O) groups excluding carboxylic acids is 1. The lowest BCUT2D eigenvalue weighted by Crippen LogP contribution is -2.03. The lowest BCUT2D eigenvalue weighted by molar-refractivity contribution is 0.0687. The zero-order valence-corrected chi connectivity index (χ0v) is 9.82. The molecule has 0 bridgehead atoms. The first-order valence-electron chi connectivity index (χ1n) is 4.90. The summed E-state index contributed by atoms with van der Waals surface area (Å²) in [5.41, 5.74) is 0.647. The Bertz CT molecular complexity index is 543. The Morgan fingerprint density at radius 1 is 1.24 bits per heavy atom. The van der Waals surface area contributed by atoms with Gasteiger partial charge in [0.15, 0.2) is 11.5 Å². The van der Waals surface area contributed by atoms with Crippen LogP contribution in [0.2, 0.25) is 0 Å². The van der Waals surface area contributed by atoms with Crippen LogP contribution in [-0.4, -0.2) is 21.8 Å².